The molecule has 0 unspecified atom stereocenters. The van der Waals surface area contributed by atoms with E-state index in [9.17, 15) is 22.7 Å². The third-order valence-corrected chi connectivity index (χ3v) is 7.37. The van der Waals surface area contributed by atoms with E-state index in [4.69, 9.17) is 5.11 Å². The summed E-state index contributed by atoms with van der Waals surface area (Å²) in [6.45, 7) is 0.317. The van der Waals surface area contributed by atoms with Crippen LogP contribution >= 0.6 is 0 Å². The minimum absolute atomic E-state index is 0.00672. The zero-order valence-electron chi connectivity index (χ0n) is 17.0. The second-order valence-electron chi connectivity index (χ2n) is 7.65. The van der Waals surface area contributed by atoms with Crippen molar-refractivity contribution in [2.24, 2.45) is 5.92 Å². The summed E-state index contributed by atoms with van der Waals surface area (Å²) in [6, 6.07) is 10.9. The molecule has 3 rings (SSSR count). The van der Waals surface area contributed by atoms with Crippen molar-refractivity contribution in [3.63, 3.8) is 0 Å². The van der Waals surface area contributed by atoms with Gasteiger partial charge in [0.15, 0.2) is 0 Å². The van der Waals surface area contributed by atoms with Crippen LogP contribution in [0.3, 0.4) is 0 Å². The largest absolute Gasteiger partial charge is 0.508 e. The molecule has 31 heavy (non-hydrogen) atoms. The Balaban J connectivity index is 1.83. The van der Waals surface area contributed by atoms with E-state index in [1.54, 1.807) is 18.2 Å². The maximum absolute atomic E-state index is 13.3. The fourth-order valence-electron chi connectivity index (χ4n) is 3.99. The van der Waals surface area contributed by atoms with Gasteiger partial charge >= 0.3 is 5.97 Å². The van der Waals surface area contributed by atoms with Gasteiger partial charge in [-0.1, -0.05) is 24.3 Å². The summed E-state index contributed by atoms with van der Waals surface area (Å²) in [7, 11) is -3.85. The smallest absolute Gasteiger partial charge is 0.303 e. The molecule has 0 saturated carbocycles. The average molecular weight is 448 g/mol. The molecule has 1 heterocycles. The third kappa shape index (κ3) is 5.71. The van der Waals surface area contributed by atoms with Crippen LogP contribution in [0.5, 0.6) is 5.75 Å². The molecule has 2 atom stereocenters. The van der Waals surface area contributed by atoms with Gasteiger partial charge < -0.3 is 10.2 Å². The number of carbonyl (C=O) groups is 1. The highest BCUT2D eigenvalue weighted by atomic mass is 32.2. The minimum Gasteiger partial charge on any atom is -0.508 e. The number of benzene rings is 2. The predicted molar refractivity (Wildman–Crippen MR) is 114 cm³/mol. The van der Waals surface area contributed by atoms with Crippen molar-refractivity contribution in [3.8, 4) is 5.75 Å². The van der Waals surface area contributed by atoms with Crippen molar-refractivity contribution in [2.75, 3.05) is 6.54 Å². The van der Waals surface area contributed by atoms with Gasteiger partial charge in [0.1, 0.15) is 11.6 Å². The number of aliphatic carboxylic acids is 1. The van der Waals surface area contributed by atoms with Gasteiger partial charge in [-0.15, -0.1) is 0 Å². The van der Waals surface area contributed by atoms with Crippen LogP contribution in [0.1, 0.15) is 43.7 Å². The molecule has 1 fully saturated rings. The number of allylic oxidation sites excluding steroid dienone is 2. The molecule has 0 aromatic heterocycles. The Labute approximate surface area is 181 Å². The van der Waals surface area contributed by atoms with E-state index in [1.807, 2.05) is 12.2 Å². The number of hydrogen-bond donors (Lipinski definition) is 2. The van der Waals surface area contributed by atoms with Crippen molar-refractivity contribution >= 4 is 16.0 Å². The maximum Gasteiger partial charge on any atom is 0.303 e. The number of carboxylic acid groups (broad SMARTS) is 1. The Hall–Kier alpha value is -2.71. The molecule has 1 aliphatic heterocycles. The predicted octanol–water partition coefficient (Wildman–Crippen LogP) is 4.48. The second-order valence-corrected chi connectivity index (χ2v) is 9.54. The minimum atomic E-state index is -3.85. The first-order chi connectivity index (χ1) is 14.8. The van der Waals surface area contributed by atoms with Gasteiger partial charge in [-0.25, -0.2) is 12.8 Å². The Bertz CT molecular complexity index is 1040. The lowest BCUT2D eigenvalue weighted by Crippen LogP contribution is -2.32. The number of phenolic OH excluding ortho intramolecular Hbond substituents is 1. The van der Waals surface area contributed by atoms with Crippen LogP contribution in [0, 0.1) is 11.7 Å². The van der Waals surface area contributed by atoms with Crippen molar-refractivity contribution in [3.05, 3.63) is 72.1 Å². The van der Waals surface area contributed by atoms with Crippen molar-refractivity contribution in [1.29, 1.82) is 0 Å². The van der Waals surface area contributed by atoms with Crippen molar-refractivity contribution in [1.82, 2.24) is 4.31 Å². The standard InChI is InChI=1S/C23H26FNO5S/c24-19-10-12-21(13-11-19)31(29,30)25-15-14-17(6-3-1-2-4-9-22(27)28)23(25)18-7-5-8-20(26)16-18/h1,3,5,7-8,10-13,16-17,23,26H,2,4,6,9,14-15H2,(H,27,28)/b3-1-/t17-,23+/m0/s1. The van der Waals surface area contributed by atoms with E-state index < -0.39 is 27.9 Å². The molecule has 0 aliphatic carbocycles. The number of carboxylic acids is 1. The molecule has 166 valence electrons. The lowest BCUT2D eigenvalue weighted by Gasteiger charge is -2.28. The number of aromatic hydroxyl groups is 1. The highest BCUT2D eigenvalue weighted by Crippen LogP contribution is 2.43. The molecule has 2 aromatic rings. The van der Waals surface area contributed by atoms with Crippen molar-refractivity contribution < 1.29 is 27.8 Å². The molecular weight excluding hydrogens is 421 g/mol. The summed E-state index contributed by atoms with van der Waals surface area (Å²) in [4.78, 5) is 10.6. The number of hydrogen-bond acceptors (Lipinski definition) is 4. The van der Waals surface area contributed by atoms with Gasteiger partial charge in [-0.3, -0.25) is 4.79 Å². The van der Waals surface area contributed by atoms with Gasteiger partial charge in [0.2, 0.25) is 10.0 Å². The van der Waals surface area contributed by atoms with E-state index >= 15 is 0 Å². The van der Waals surface area contributed by atoms with Crippen LogP contribution in [0.4, 0.5) is 4.39 Å². The molecule has 0 amide bonds. The topological polar surface area (TPSA) is 94.9 Å². The molecule has 6 nitrogen and oxygen atoms in total. The third-order valence-electron chi connectivity index (χ3n) is 5.48. The zero-order valence-corrected chi connectivity index (χ0v) is 17.8. The fraction of sp³-hybridized carbons (Fsp3) is 0.348. The zero-order chi connectivity index (χ0) is 22.4. The first-order valence-corrected chi connectivity index (χ1v) is 11.7. The number of phenols is 1. The molecule has 8 heteroatoms. The first-order valence-electron chi connectivity index (χ1n) is 10.2. The molecule has 1 saturated heterocycles. The molecule has 0 spiro atoms. The van der Waals surface area contributed by atoms with E-state index in [-0.39, 0.29) is 23.0 Å². The Morgan fingerprint density at radius 3 is 2.58 bits per heavy atom. The summed E-state index contributed by atoms with van der Waals surface area (Å²) in [5.74, 6) is -1.27. The summed E-state index contributed by atoms with van der Waals surface area (Å²) in [5, 5.41) is 18.7. The van der Waals surface area contributed by atoms with Crippen LogP contribution in [-0.4, -0.2) is 35.5 Å². The van der Waals surface area contributed by atoms with Crippen LogP contribution < -0.4 is 0 Å². The summed E-state index contributed by atoms with van der Waals surface area (Å²) >= 11 is 0. The lowest BCUT2D eigenvalue weighted by molar-refractivity contribution is -0.137. The maximum atomic E-state index is 13.3. The van der Waals surface area contributed by atoms with Gasteiger partial charge in [-0.05, 0) is 73.6 Å². The van der Waals surface area contributed by atoms with Crippen LogP contribution in [-0.2, 0) is 14.8 Å². The van der Waals surface area contributed by atoms with Gasteiger partial charge in [-0.2, -0.15) is 4.31 Å². The molecule has 2 aromatic carbocycles. The summed E-state index contributed by atoms with van der Waals surface area (Å²) < 4.78 is 41.3. The summed E-state index contributed by atoms with van der Waals surface area (Å²) in [6.07, 6.45) is 6.48. The molecule has 2 N–H and O–H groups in total. The number of sulfonamides is 1. The molecule has 0 bridgehead atoms. The molecular formula is C23H26FNO5S. The molecule has 0 radical (unpaired) electrons. The van der Waals surface area contributed by atoms with Crippen LogP contribution in [0.25, 0.3) is 0 Å². The number of rotatable bonds is 9. The highest BCUT2D eigenvalue weighted by molar-refractivity contribution is 7.89. The number of nitrogens with zero attached hydrogens (tertiary/aromatic N) is 1. The average Bonchev–Trinajstić information content (AvgIpc) is 3.15. The van der Waals surface area contributed by atoms with E-state index in [1.165, 1.54) is 22.5 Å². The SMILES string of the molecule is O=C(O)CCC/C=C\C[C@H]1CCN(S(=O)(=O)c2ccc(F)cc2)[C@H]1c1cccc(O)c1. The summed E-state index contributed by atoms with van der Waals surface area (Å²) in [5.41, 5.74) is 0.701. The van der Waals surface area contributed by atoms with E-state index in [2.05, 4.69) is 0 Å². The number of halogens is 1. The lowest BCUT2D eigenvalue weighted by atomic mass is 9.91. The quantitative estimate of drug-likeness (QED) is 0.436. The monoisotopic (exact) mass is 447 g/mol. The highest BCUT2D eigenvalue weighted by Gasteiger charge is 2.42. The van der Waals surface area contributed by atoms with E-state index in [0.29, 0.717) is 37.8 Å². The Kier molecular flexibility index (Phi) is 7.46. The number of unbranched alkanes of at least 4 members (excludes halogenated alkanes) is 1. The Morgan fingerprint density at radius 2 is 1.90 bits per heavy atom. The van der Waals surface area contributed by atoms with Gasteiger partial charge in [0.05, 0.1) is 10.9 Å². The fourth-order valence-corrected chi connectivity index (χ4v) is 5.68. The van der Waals surface area contributed by atoms with Crippen LogP contribution in [0.2, 0.25) is 0 Å². The van der Waals surface area contributed by atoms with Gasteiger partial charge in [0, 0.05) is 13.0 Å². The normalized spacial score (nSPS) is 19.8. The first kappa shape index (κ1) is 23.0. The van der Waals surface area contributed by atoms with Gasteiger partial charge in [0.25, 0.3) is 0 Å². The Morgan fingerprint density at radius 1 is 1.16 bits per heavy atom. The van der Waals surface area contributed by atoms with Crippen molar-refractivity contribution in [2.45, 2.75) is 43.0 Å². The van der Waals surface area contributed by atoms with Crippen LogP contribution in [0.15, 0.2) is 65.6 Å². The van der Waals surface area contributed by atoms with E-state index in [0.717, 1.165) is 12.1 Å². The second kappa shape index (κ2) is 10.1. The molecule has 1 aliphatic rings.